The summed E-state index contributed by atoms with van der Waals surface area (Å²) in [5.74, 6) is -3.26. The zero-order valence-electron chi connectivity index (χ0n) is 10.8. The van der Waals surface area contributed by atoms with E-state index in [4.69, 9.17) is 20.3 Å². The molecule has 0 aliphatic rings. The molecule has 1 aromatic carbocycles. The number of nitrogens with two attached hydrogens (primary N) is 1. The van der Waals surface area contributed by atoms with Gasteiger partial charge in [-0.05, 0) is 17.7 Å². The number of carboxylic acid groups (broad SMARTS) is 1. The molecule has 0 aliphatic carbocycles. The Morgan fingerprint density at radius 3 is 2.30 bits per heavy atom. The highest BCUT2D eigenvalue weighted by Crippen LogP contribution is 2.43. The molecule has 0 amide bonds. The van der Waals surface area contributed by atoms with Crippen LogP contribution in [0.25, 0.3) is 0 Å². The Hall–Kier alpha value is -1.96. The van der Waals surface area contributed by atoms with Crippen LogP contribution in [0.3, 0.4) is 0 Å². The summed E-state index contributed by atoms with van der Waals surface area (Å²) in [6, 6.07) is 1.90. The van der Waals surface area contributed by atoms with Gasteiger partial charge in [-0.15, -0.1) is 0 Å². The van der Waals surface area contributed by atoms with E-state index in [0.717, 1.165) is 7.11 Å². The Kier molecular flexibility index (Phi) is 4.83. The van der Waals surface area contributed by atoms with Gasteiger partial charge in [0.15, 0.2) is 11.5 Å². The predicted molar refractivity (Wildman–Crippen MR) is 64.0 cm³/mol. The van der Waals surface area contributed by atoms with Gasteiger partial charge in [0.2, 0.25) is 0 Å². The average molecular weight is 293 g/mol. The van der Waals surface area contributed by atoms with Crippen LogP contribution in [0.5, 0.6) is 11.5 Å². The smallest absolute Gasteiger partial charge is 0.420 e. The number of halogens is 3. The van der Waals surface area contributed by atoms with Crippen LogP contribution in [-0.2, 0) is 11.0 Å². The second-order valence-corrected chi connectivity index (χ2v) is 3.93. The summed E-state index contributed by atoms with van der Waals surface area (Å²) in [7, 11) is 2.24. The lowest BCUT2D eigenvalue weighted by molar-refractivity contribution is -0.140. The summed E-state index contributed by atoms with van der Waals surface area (Å²) < 4.78 is 48.5. The average Bonchev–Trinajstić information content (AvgIpc) is 2.36. The van der Waals surface area contributed by atoms with Gasteiger partial charge in [0.25, 0.3) is 0 Å². The van der Waals surface area contributed by atoms with E-state index >= 15 is 0 Å². The molecule has 3 N–H and O–H groups in total. The lowest BCUT2D eigenvalue weighted by atomic mass is 9.96. The molecule has 1 atom stereocenters. The molecule has 0 fully saturated rings. The Bertz CT molecular complexity index is 502. The number of rotatable bonds is 5. The van der Waals surface area contributed by atoms with Crippen LogP contribution in [0.2, 0.25) is 0 Å². The fraction of sp³-hybridized carbons (Fsp3) is 0.417. The molecule has 1 aromatic rings. The van der Waals surface area contributed by atoms with Gasteiger partial charge in [0.05, 0.1) is 20.1 Å². The molecule has 20 heavy (non-hydrogen) atoms. The summed E-state index contributed by atoms with van der Waals surface area (Å²) in [5, 5.41) is 8.98. The van der Waals surface area contributed by atoms with Gasteiger partial charge in [0, 0.05) is 6.54 Å². The number of ether oxygens (including phenoxy) is 2. The van der Waals surface area contributed by atoms with Crippen molar-refractivity contribution in [3.05, 3.63) is 23.3 Å². The third-order valence-electron chi connectivity index (χ3n) is 2.74. The first-order chi connectivity index (χ1) is 9.26. The minimum Gasteiger partial charge on any atom is -0.493 e. The summed E-state index contributed by atoms with van der Waals surface area (Å²) in [5.41, 5.74) is 4.10. The van der Waals surface area contributed by atoms with Crippen molar-refractivity contribution in [2.45, 2.75) is 12.1 Å². The number of benzene rings is 1. The number of carboxylic acids is 1. The van der Waals surface area contributed by atoms with Crippen molar-refractivity contribution in [2.24, 2.45) is 5.73 Å². The quantitative estimate of drug-likeness (QED) is 0.865. The summed E-state index contributed by atoms with van der Waals surface area (Å²) >= 11 is 0. The molecule has 0 aromatic heterocycles. The summed E-state index contributed by atoms with van der Waals surface area (Å²) in [6.07, 6.45) is -4.70. The molecular weight excluding hydrogens is 279 g/mol. The molecule has 1 rings (SSSR count). The third kappa shape index (κ3) is 3.13. The normalized spacial score (nSPS) is 12.9. The fourth-order valence-electron chi connectivity index (χ4n) is 1.78. The number of alkyl halides is 3. The molecule has 0 radical (unpaired) electrons. The molecule has 0 saturated carbocycles. The molecule has 0 heterocycles. The largest absolute Gasteiger partial charge is 0.493 e. The number of methoxy groups -OCH3 is 2. The van der Waals surface area contributed by atoms with Crippen molar-refractivity contribution in [3.8, 4) is 11.5 Å². The molecule has 0 aliphatic heterocycles. The molecule has 8 heteroatoms. The van der Waals surface area contributed by atoms with E-state index in [2.05, 4.69) is 0 Å². The highest BCUT2D eigenvalue weighted by Gasteiger charge is 2.37. The Morgan fingerprint density at radius 2 is 1.95 bits per heavy atom. The van der Waals surface area contributed by atoms with E-state index in [9.17, 15) is 18.0 Å². The van der Waals surface area contributed by atoms with E-state index in [1.807, 2.05) is 0 Å². The zero-order valence-corrected chi connectivity index (χ0v) is 10.8. The minimum absolute atomic E-state index is 0.0926. The second kappa shape index (κ2) is 6.00. The maximum Gasteiger partial charge on any atom is 0.420 e. The Labute approximate surface area is 113 Å². The first-order valence-electron chi connectivity index (χ1n) is 5.52. The first-order valence-corrected chi connectivity index (χ1v) is 5.52. The Morgan fingerprint density at radius 1 is 1.35 bits per heavy atom. The third-order valence-corrected chi connectivity index (χ3v) is 2.74. The van der Waals surface area contributed by atoms with Gasteiger partial charge >= 0.3 is 12.1 Å². The monoisotopic (exact) mass is 293 g/mol. The van der Waals surface area contributed by atoms with E-state index in [1.54, 1.807) is 0 Å². The van der Waals surface area contributed by atoms with E-state index in [-0.39, 0.29) is 17.9 Å². The predicted octanol–water partition coefficient (Wildman–Crippen LogP) is 1.85. The topological polar surface area (TPSA) is 81.8 Å². The van der Waals surface area contributed by atoms with E-state index in [0.29, 0.717) is 6.07 Å². The highest BCUT2D eigenvalue weighted by atomic mass is 19.4. The van der Waals surface area contributed by atoms with Crippen LogP contribution >= 0.6 is 0 Å². The summed E-state index contributed by atoms with van der Waals surface area (Å²) in [4.78, 5) is 11.0. The van der Waals surface area contributed by atoms with Gasteiger partial charge in [-0.1, -0.05) is 0 Å². The second-order valence-electron chi connectivity index (χ2n) is 3.93. The SMILES string of the molecule is COc1cc(C(CN)C(=O)O)cc(C(F)(F)F)c1OC. The van der Waals surface area contributed by atoms with Crippen LogP contribution < -0.4 is 15.2 Å². The van der Waals surface area contributed by atoms with Crippen molar-refractivity contribution in [3.63, 3.8) is 0 Å². The van der Waals surface area contributed by atoms with Crippen LogP contribution in [0.1, 0.15) is 17.0 Å². The van der Waals surface area contributed by atoms with Crippen molar-refractivity contribution < 1.29 is 32.5 Å². The molecule has 0 saturated heterocycles. The van der Waals surface area contributed by atoms with Crippen molar-refractivity contribution in [2.75, 3.05) is 20.8 Å². The van der Waals surface area contributed by atoms with Crippen LogP contribution in [0.4, 0.5) is 13.2 Å². The van der Waals surface area contributed by atoms with Gasteiger partial charge in [-0.2, -0.15) is 13.2 Å². The lowest BCUT2D eigenvalue weighted by Gasteiger charge is -2.19. The molecule has 0 spiro atoms. The van der Waals surface area contributed by atoms with Crippen molar-refractivity contribution >= 4 is 5.97 Å². The van der Waals surface area contributed by atoms with Crippen LogP contribution in [-0.4, -0.2) is 31.8 Å². The molecule has 5 nitrogen and oxygen atoms in total. The number of hydrogen-bond acceptors (Lipinski definition) is 4. The van der Waals surface area contributed by atoms with Gasteiger partial charge in [-0.25, -0.2) is 0 Å². The van der Waals surface area contributed by atoms with E-state index < -0.39 is 29.4 Å². The van der Waals surface area contributed by atoms with Crippen molar-refractivity contribution in [1.82, 2.24) is 0 Å². The van der Waals surface area contributed by atoms with Gasteiger partial charge in [0.1, 0.15) is 5.56 Å². The summed E-state index contributed by atoms with van der Waals surface area (Å²) in [6.45, 7) is -0.331. The highest BCUT2D eigenvalue weighted by molar-refractivity contribution is 5.77. The fourth-order valence-corrected chi connectivity index (χ4v) is 1.78. The minimum atomic E-state index is -4.70. The van der Waals surface area contributed by atoms with Gasteiger partial charge in [-0.3, -0.25) is 4.79 Å². The number of carbonyl (C=O) groups is 1. The molecule has 0 bridgehead atoms. The van der Waals surface area contributed by atoms with Crippen LogP contribution in [0.15, 0.2) is 12.1 Å². The lowest BCUT2D eigenvalue weighted by Crippen LogP contribution is -2.22. The van der Waals surface area contributed by atoms with Gasteiger partial charge < -0.3 is 20.3 Å². The first kappa shape index (κ1) is 16.1. The van der Waals surface area contributed by atoms with E-state index in [1.165, 1.54) is 13.2 Å². The van der Waals surface area contributed by atoms with Crippen LogP contribution in [0, 0.1) is 0 Å². The maximum atomic E-state index is 13.0. The standard InChI is InChI=1S/C12H14F3NO4/c1-19-9-4-6(7(5-16)11(17)18)3-8(10(9)20-2)12(13,14)15/h3-4,7H,5,16H2,1-2H3,(H,17,18). The van der Waals surface area contributed by atoms with Crippen molar-refractivity contribution in [1.29, 1.82) is 0 Å². The zero-order chi connectivity index (χ0) is 15.5. The Balaban J connectivity index is 3.54. The number of aliphatic carboxylic acids is 1. The molecule has 112 valence electrons. The molecular formula is C12H14F3NO4. The molecule has 1 unspecified atom stereocenters. The number of hydrogen-bond donors (Lipinski definition) is 2. The maximum absolute atomic E-state index is 13.0.